The minimum absolute atomic E-state index is 0.00796. The number of carbonyl (C=O) groups is 2. The van der Waals surface area contributed by atoms with Crippen LogP contribution in [0.3, 0.4) is 0 Å². The van der Waals surface area contributed by atoms with Gasteiger partial charge in [-0.3, -0.25) is 4.79 Å². The third-order valence-corrected chi connectivity index (χ3v) is 2.99. The number of amides is 3. The molecule has 3 N–H and O–H groups in total. The van der Waals surface area contributed by atoms with E-state index in [1.165, 1.54) is 0 Å². The van der Waals surface area contributed by atoms with Crippen molar-refractivity contribution in [2.24, 2.45) is 0 Å². The maximum Gasteiger partial charge on any atom is 0.315 e. The molecule has 0 unspecified atom stereocenters. The van der Waals surface area contributed by atoms with Gasteiger partial charge in [0.1, 0.15) is 0 Å². The molecule has 1 heterocycles. The number of nitrogens with one attached hydrogen (secondary N) is 3. The molecule has 1 saturated carbocycles. The van der Waals surface area contributed by atoms with Crippen LogP contribution < -0.4 is 20.7 Å². The number of ether oxygens (including phenoxy) is 1. The van der Waals surface area contributed by atoms with Gasteiger partial charge in [0.25, 0.3) is 0 Å². The van der Waals surface area contributed by atoms with E-state index >= 15 is 0 Å². The topological polar surface area (TPSA) is 92.3 Å². The molecule has 1 aromatic heterocycles. The van der Waals surface area contributed by atoms with Crippen LogP contribution in [0.15, 0.2) is 18.3 Å². The largest absolute Gasteiger partial charge is 0.475 e. The average Bonchev–Trinajstić information content (AvgIpc) is 3.27. The second kappa shape index (κ2) is 7.63. The Balaban J connectivity index is 1.74. The van der Waals surface area contributed by atoms with Gasteiger partial charge in [-0.2, -0.15) is 0 Å². The zero-order valence-electron chi connectivity index (χ0n) is 12.9. The van der Waals surface area contributed by atoms with Gasteiger partial charge < -0.3 is 20.7 Å². The number of rotatable bonds is 7. The summed E-state index contributed by atoms with van der Waals surface area (Å²) in [5.74, 6) is 0.340. The van der Waals surface area contributed by atoms with Crippen molar-refractivity contribution >= 4 is 11.9 Å². The van der Waals surface area contributed by atoms with Crippen LogP contribution in [0.25, 0.3) is 0 Å². The van der Waals surface area contributed by atoms with Crippen molar-refractivity contribution in [1.82, 2.24) is 20.9 Å². The van der Waals surface area contributed by atoms with E-state index in [2.05, 4.69) is 20.9 Å². The maximum atomic E-state index is 11.7. The van der Waals surface area contributed by atoms with Gasteiger partial charge in [-0.25, -0.2) is 9.78 Å². The van der Waals surface area contributed by atoms with E-state index in [0.717, 1.165) is 18.4 Å². The summed E-state index contributed by atoms with van der Waals surface area (Å²) in [5.41, 5.74) is 0.786. The third-order valence-electron chi connectivity index (χ3n) is 2.99. The Morgan fingerprint density at radius 3 is 2.82 bits per heavy atom. The van der Waals surface area contributed by atoms with E-state index in [9.17, 15) is 9.59 Å². The van der Waals surface area contributed by atoms with Gasteiger partial charge in [-0.05, 0) is 32.8 Å². The molecule has 1 aliphatic rings. The molecular formula is C15H22N4O3. The van der Waals surface area contributed by atoms with Crippen LogP contribution >= 0.6 is 0 Å². The average molecular weight is 306 g/mol. The molecular weight excluding hydrogens is 284 g/mol. The summed E-state index contributed by atoms with van der Waals surface area (Å²) in [6.07, 6.45) is 3.70. The van der Waals surface area contributed by atoms with E-state index in [4.69, 9.17) is 4.74 Å². The molecule has 7 heteroatoms. The Labute approximate surface area is 129 Å². The first-order valence-corrected chi connectivity index (χ1v) is 7.46. The van der Waals surface area contributed by atoms with Gasteiger partial charge in [0.15, 0.2) is 0 Å². The second-order valence-corrected chi connectivity index (χ2v) is 5.51. The van der Waals surface area contributed by atoms with Crippen molar-refractivity contribution < 1.29 is 14.3 Å². The van der Waals surface area contributed by atoms with E-state index in [1.807, 2.05) is 19.9 Å². The molecule has 0 spiro atoms. The molecule has 120 valence electrons. The van der Waals surface area contributed by atoms with Crippen LogP contribution in [-0.2, 0) is 11.3 Å². The fourth-order valence-electron chi connectivity index (χ4n) is 1.79. The predicted octanol–water partition coefficient (Wildman–Crippen LogP) is 0.947. The molecule has 0 radical (unpaired) electrons. The van der Waals surface area contributed by atoms with Crippen molar-refractivity contribution in [3.05, 3.63) is 23.9 Å². The minimum Gasteiger partial charge on any atom is -0.475 e. The molecule has 1 aliphatic carbocycles. The Kier molecular flexibility index (Phi) is 5.57. The molecule has 22 heavy (non-hydrogen) atoms. The third kappa shape index (κ3) is 5.59. The van der Waals surface area contributed by atoms with Gasteiger partial charge >= 0.3 is 6.03 Å². The van der Waals surface area contributed by atoms with Crippen LogP contribution in [0.5, 0.6) is 5.88 Å². The summed E-state index contributed by atoms with van der Waals surface area (Å²) in [6.45, 7) is 4.09. The Morgan fingerprint density at radius 2 is 2.14 bits per heavy atom. The Hall–Kier alpha value is -2.31. The van der Waals surface area contributed by atoms with Crippen LogP contribution in [0.1, 0.15) is 32.3 Å². The zero-order valence-corrected chi connectivity index (χ0v) is 12.9. The number of nitrogens with zero attached hydrogens (tertiary/aromatic N) is 1. The lowest BCUT2D eigenvalue weighted by atomic mass is 10.2. The highest BCUT2D eigenvalue weighted by atomic mass is 16.5. The maximum absolute atomic E-state index is 11.7. The van der Waals surface area contributed by atoms with Gasteiger partial charge in [0.2, 0.25) is 11.8 Å². The summed E-state index contributed by atoms with van der Waals surface area (Å²) in [4.78, 5) is 27.3. The highest BCUT2D eigenvalue weighted by Gasteiger charge is 2.23. The first-order chi connectivity index (χ1) is 10.5. The monoisotopic (exact) mass is 306 g/mol. The van der Waals surface area contributed by atoms with Crippen LogP contribution in [0.2, 0.25) is 0 Å². The van der Waals surface area contributed by atoms with Crippen LogP contribution in [-0.4, -0.2) is 35.6 Å². The van der Waals surface area contributed by atoms with Crippen LogP contribution in [0.4, 0.5) is 4.79 Å². The minimum atomic E-state index is -0.398. The van der Waals surface area contributed by atoms with Crippen molar-refractivity contribution in [3.8, 4) is 5.88 Å². The molecule has 3 amide bonds. The van der Waals surface area contributed by atoms with Gasteiger partial charge in [-0.1, -0.05) is 6.07 Å². The number of carbonyl (C=O) groups excluding carboxylic acids is 2. The summed E-state index contributed by atoms with van der Waals surface area (Å²) >= 11 is 0. The SMILES string of the molecule is CC(C)Oc1ncccc1CNC(=O)NCC(=O)NC1CC1. The zero-order chi connectivity index (χ0) is 15.9. The van der Waals surface area contributed by atoms with Crippen molar-refractivity contribution in [2.75, 3.05) is 6.54 Å². The highest BCUT2D eigenvalue weighted by molar-refractivity contribution is 5.84. The Bertz CT molecular complexity index is 529. The fourth-order valence-corrected chi connectivity index (χ4v) is 1.79. The van der Waals surface area contributed by atoms with Gasteiger partial charge in [0.05, 0.1) is 12.6 Å². The van der Waals surface area contributed by atoms with Crippen LogP contribution in [0, 0.1) is 0 Å². The molecule has 1 fully saturated rings. The summed E-state index contributed by atoms with van der Waals surface area (Å²) < 4.78 is 5.58. The van der Waals surface area contributed by atoms with E-state index in [1.54, 1.807) is 12.3 Å². The van der Waals surface area contributed by atoms with E-state index < -0.39 is 6.03 Å². The number of hydrogen-bond acceptors (Lipinski definition) is 4. The lowest BCUT2D eigenvalue weighted by Gasteiger charge is -2.13. The van der Waals surface area contributed by atoms with Crippen molar-refractivity contribution in [2.45, 2.75) is 45.4 Å². The normalized spacial score (nSPS) is 13.6. The number of aromatic nitrogens is 1. The number of hydrogen-bond donors (Lipinski definition) is 3. The lowest BCUT2D eigenvalue weighted by molar-refractivity contribution is -0.120. The summed E-state index contributed by atoms with van der Waals surface area (Å²) in [5, 5.41) is 8.01. The molecule has 0 bridgehead atoms. The standard InChI is InChI=1S/C15H22N4O3/c1-10(2)22-14-11(4-3-7-16-14)8-17-15(21)18-9-13(20)19-12-5-6-12/h3-4,7,10,12H,5-6,8-9H2,1-2H3,(H,19,20)(H2,17,18,21). The number of urea groups is 1. The van der Waals surface area contributed by atoms with Gasteiger partial charge in [-0.15, -0.1) is 0 Å². The predicted molar refractivity (Wildman–Crippen MR) is 81.4 cm³/mol. The summed E-state index contributed by atoms with van der Waals surface area (Å²) in [7, 11) is 0. The number of pyridine rings is 1. The molecule has 0 saturated heterocycles. The highest BCUT2D eigenvalue weighted by Crippen LogP contribution is 2.18. The lowest BCUT2D eigenvalue weighted by Crippen LogP contribution is -2.42. The molecule has 0 aliphatic heterocycles. The molecule has 1 aromatic rings. The first-order valence-electron chi connectivity index (χ1n) is 7.46. The first kappa shape index (κ1) is 16.1. The van der Waals surface area contributed by atoms with Gasteiger partial charge in [0, 0.05) is 24.3 Å². The fraction of sp³-hybridized carbons (Fsp3) is 0.533. The second-order valence-electron chi connectivity index (χ2n) is 5.51. The quantitative estimate of drug-likeness (QED) is 0.699. The Morgan fingerprint density at radius 1 is 1.36 bits per heavy atom. The van der Waals surface area contributed by atoms with E-state index in [-0.39, 0.29) is 25.1 Å². The van der Waals surface area contributed by atoms with E-state index in [0.29, 0.717) is 11.9 Å². The summed E-state index contributed by atoms with van der Waals surface area (Å²) in [6, 6.07) is 3.52. The molecule has 2 rings (SSSR count). The molecule has 7 nitrogen and oxygen atoms in total. The van der Waals surface area contributed by atoms with Crippen molar-refractivity contribution in [1.29, 1.82) is 0 Å². The van der Waals surface area contributed by atoms with Crippen molar-refractivity contribution in [3.63, 3.8) is 0 Å². The smallest absolute Gasteiger partial charge is 0.315 e. The molecule has 0 aromatic carbocycles. The molecule has 0 atom stereocenters.